The second-order valence-electron chi connectivity index (χ2n) is 3.47. The van der Waals surface area contributed by atoms with Gasteiger partial charge in [-0.15, -0.1) is 11.3 Å². The molecular weight excluding hydrogens is 253 g/mol. The molecule has 1 aromatic heterocycles. The Morgan fingerprint density at radius 2 is 2.38 bits per heavy atom. The Bertz CT molecular complexity index is 283. The second-order valence-corrected chi connectivity index (χ2v) is 5.39. The lowest BCUT2D eigenvalue weighted by Crippen LogP contribution is -2.41. The molecule has 13 heavy (non-hydrogen) atoms. The van der Waals surface area contributed by atoms with Gasteiger partial charge in [-0.2, -0.15) is 0 Å². The van der Waals surface area contributed by atoms with Crippen molar-refractivity contribution in [3.05, 3.63) is 20.8 Å². The van der Waals surface area contributed by atoms with Crippen LogP contribution in [0.5, 0.6) is 0 Å². The van der Waals surface area contributed by atoms with Crippen LogP contribution >= 0.6 is 27.3 Å². The summed E-state index contributed by atoms with van der Waals surface area (Å²) >= 11 is 4.88. The minimum absolute atomic E-state index is 0.390. The van der Waals surface area contributed by atoms with Gasteiger partial charge in [0.2, 0.25) is 0 Å². The molecule has 4 heteroatoms. The number of halogens is 2. The summed E-state index contributed by atoms with van der Waals surface area (Å²) in [7, 11) is 0. The number of nitrogens with two attached hydrogens (primary N) is 1. The van der Waals surface area contributed by atoms with Gasteiger partial charge in [0.05, 0.1) is 0 Å². The van der Waals surface area contributed by atoms with Crippen molar-refractivity contribution in [2.75, 3.05) is 0 Å². The van der Waals surface area contributed by atoms with E-state index in [4.69, 9.17) is 5.73 Å². The topological polar surface area (TPSA) is 26.0 Å². The summed E-state index contributed by atoms with van der Waals surface area (Å²) in [5, 5.41) is 1.95. The summed E-state index contributed by atoms with van der Waals surface area (Å²) in [5.41, 5.74) is 4.23. The first-order valence-corrected chi connectivity index (χ1v) is 5.76. The molecule has 74 valence electrons. The highest BCUT2D eigenvalue weighted by Crippen LogP contribution is 2.27. The summed E-state index contributed by atoms with van der Waals surface area (Å²) in [4.78, 5) is 1.02. The van der Waals surface area contributed by atoms with Crippen molar-refractivity contribution >= 4 is 27.3 Å². The molecule has 1 aromatic rings. The van der Waals surface area contributed by atoms with E-state index in [1.165, 1.54) is 0 Å². The molecule has 0 fully saturated rings. The van der Waals surface area contributed by atoms with Crippen molar-refractivity contribution in [2.45, 2.75) is 32.0 Å². The summed E-state index contributed by atoms with van der Waals surface area (Å²) in [6, 6.07) is 1.50. The summed E-state index contributed by atoms with van der Waals surface area (Å²) in [5.74, 6) is 0. The number of alkyl halides is 1. The average molecular weight is 266 g/mol. The highest BCUT2D eigenvalue weighted by molar-refractivity contribution is 9.10. The van der Waals surface area contributed by atoms with E-state index in [1.54, 1.807) is 25.2 Å². The fraction of sp³-hybridized carbons (Fsp3) is 0.556. The Morgan fingerprint density at radius 1 is 1.77 bits per heavy atom. The maximum absolute atomic E-state index is 13.8. The smallest absolute Gasteiger partial charge is 0.127 e. The molecule has 2 unspecified atom stereocenters. The summed E-state index contributed by atoms with van der Waals surface area (Å²) in [6.07, 6.45) is 0.390. The molecule has 0 aromatic carbocycles. The molecule has 0 amide bonds. The number of thiophene rings is 1. The molecule has 0 aliphatic heterocycles. The fourth-order valence-electron chi connectivity index (χ4n) is 0.948. The molecule has 0 saturated carbocycles. The average Bonchev–Trinajstić information content (AvgIpc) is 2.34. The highest BCUT2D eigenvalue weighted by Gasteiger charge is 2.28. The molecule has 0 aliphatic rings. The summed E-state index contributed by atoms with van der Waals surface area (Å²) < 4.78 is 14.8. The van der Waals surface area contributed by atoms with E-state index in [9.17, 15) is 4.39 Å². The molecular formula is C9H13BrFNS. The third-order valence-electron chi connectivity index (χ3n) is 2.09. The molecule has 0 aliphatic carbocycles. The van der Waals surface area contributed by atoms with Crippen LogP contribution in [0.4, 0.5) is 4.39 Å². The Morgan fingerprint density at radius 3 is 2.77 bits per heavy atom. The predicted molar refractivity (Wildman–Crippen MR) is 58.9 cm³/mol. The number of hydrogen-bond acceptors (Lipinski definition) is 2. The molecule has 1 rings (SSSR count). The third kappa shape index (κ3) is 3.04. The summed E-state index contributed by atoms with van der Waals surface area (Å²) in [6.45, 7) is 3.24. The van der Waals surface area contributed by atoms with Crippen LogP contribution in [0.1, 0.15) is 18.7 Å². The maximum Gasteiger partial charge on any atom is 0.127 e. The maximum atomic E-state index is 13.8. The normalized spacial score (nSPS) is 18.2. The van der Waals surface area contributed by atoms with Crippen LogP contribution in [0.25, 0.3) is 0 Å². The molecule has 0 radical (unpaired) electrons. The minimum atomic E-state index is -1.32. The zero-order valence-corrected chi connectivity index (χ0v) is 10.1. The van der Waals surface area contributed by atoms with Crippen LogP contribution in [0.15, 0.2) is 15.9 Å². The first-order chi connectivity index (χ1) is 5.92. The second kappa shape index (κ2) is 4.07. The molecule has 2 N–H and O–H groups in total. The van der Waals surface area contributed by atoms with E-state index < -0.39 is 11.7 Å². The SMILES string of the molecule is CC(N)C(C)(F)Cc1cc(Br)cs1. The largest absolute Gasteiger partial charge is 0.325 e. The molecule has 2 atom stereocenters. The van der Waals surface area contributed by atoms with Gasteiger partial charge in [-0.1, -0.05) is 0 Å². The third-order valence-corrected chi connectivity index (χ3v) is 3.79. The monoisotopic (exact) mass is 265 g/mol. The van der Waals surface area contributed by atoms with Crippen LogP contribution in [0.2, 0.25) is 0 Å². The number of rotatable bonds is 3. The van der Waals surface area contributed by atoms with Crippen LogP contribution in [-0.4, -0.2) is 11.7 Å². The Balaban J connectivity index is 2.68. The zero-order valence-electron chi connectivity index (χ0n) is 7.68. The van der Waals surface area contributed by atoms with E-state index in [0.29, 0.717) is 6.42 Å². The zero-order chi connectivity index (χ0) is 10.1. The molecule has 0 spiro atoms. The Kier molecular flexibility index (Phi) is 3.49. The number of hydrogen-bond donors (Lipinski definition) is 1. The van der Waals surface area contributed by atoms with Gasteiger partial charge in [-0.05, 0) is 35.8 Å². The van der Waals surface area contributed by atoms with Crippen molar-refractivity contribution in [2.24, 2.45) is 5.73 Å². The van der Waals surface area contributed by atoms with Crippen LogP contribution in [-0.2, 0) is 6.42 Å². The highest BCUT2D eigenvalue weighted by atomic mass is 79.9. The Labute approximate surface area is 90.3 Å². The molecule has 1 nitrogen and oxygen atoms in total. The quantitative estimate of drug-likeness (QED) is 0.893. The molecule has 0 saturated heterocycles. The lowest BCUT2D eigenvalue weighted by molar-refractivity contribution is 0.158. The van der Waals surface area contributed by atoms with Gasteiger partial charge in [-0.25, -0.2) is 4.39 Å². The first-order valence-electron chi connectivity index (χ1n) is 4.09. The fourth-order valence-corrected chi connectivity index (χ4v) is 2.55. The van der Waals surface area contributed by atoms with Gasteiger partial charge >= 0.3 is 0 Å². The van der Waals surface area contributed by atoms with E-state index in [1.807, 2.05) is 11.4 Å². The van der Waals surface area contributed by atoms with Gasteiger partial charge in [0.25, 0.3) is 0 Å². The van der Waals surface area contributed by atoms with E-state index in [0.717, 1.165) is 9.35 Å². The molecule has 1 heterocycles. The van der Waals surface area contributed by atoms with Crippen molar-refractivity contribution < 1.29 is 4.39 Å². The van der Waals surface area contributed by atoms with Gasteiger partial charge in [0.15, 0.2) is 0 Å². The van der Waals surface area contributed by atoms with Crippen LogP contribution < -0.4 is 5.73 Å². The van der Waals surface area contributed by atoms with Crippen molar-refractivity contribution in [3.8, 4) is 0 Å². The Hall–Kier alpha value is 0.0700. The van der Waals surface area contributed by atoms with Gasteiger partial charge in [0, 0.05) is 27.2 Å². The standard InChI is InChI=1S/C9H13BrFNS/c1-6(12)9(2,11)4-8-3-7(10)5-13-8/h3,5-6H,4,12H2,1-2H3. The van der Waals surface area contributed by atoms with E-state index in [-0.39, 0.29) is 0 Å². The minimum Gasteiger partial charge on any atom is -0.325 e. The van der Waals surface area contributed by atoms with E-state index >= 15 is 0 Å². The molecule has 0 bridgehead atoms. The predicted octanol–water partition coefficient (Wildman–Crippen LogP) is 3.13. The van der Waals surface area contributed by atoms with Crippen molar-refractivity contribution in [1.82, 2.24) is 0 Å². The van der Waals surface area contributed by atoms with Gasteiger partial charge in [0.1, 0.15) is 5.67 Å². The first kappa shape index (κ1) is 11.1. The van der Waals surface area contributed by atoms with Crippen LogP contribution in [0, 0.1) is 0 Å². The van der Waals surface area contributed by atoms with Gasteiger partial charge < -0.3 is 5.73 Å². The lowest BCUT2D eigenvalue weighted by atomic mass is 9.96. The van der Waals surface area contributed by atoms with Crippen molar-refractivity contribution in [3.63, 3.8) is 0 Å². The lowest BCUT2D eigenvalue weighted by Gasteiger charge is -2.23. The van der Waals surface area contributed by atoms with Crippen LogP contribution in [0.3, 0.4) is 0 Å². The van der Waals surface area contributed by atoms with E-state index in [2.05, 4.69) is 15.9 Å². The van der Waals surface area contributed by atoms with Gasteiger partial charge in [-0.3, -0.25) is 0 Å². The van der Waals surface area contributed by atoms with Crippen molar-refractivity contribution in [1.29, 1.82) is 0 Å².